The Morgan fingerprint density at radius 2 is 1.58 bits per heavy atom. The Balaban J connectivity index is 4.84. The van der Waals surface area contributed by atoms with Gasteiger partial charge in [0.25, 0.3) is 0 Å². The Bertz CT molecular complexity index is 286. The van der Waals surface area contributed by atoms with Gasteiger partial charge in [-0.2, -0.15) is 0 Å². The molecule has 0 aromatic carbocycles. The third kappa shape index (κ3) is 5.13. The van der Waals surface area contributed by atoms with Gasteiger partial charge in [-0.25, -0.2) is 0 Å². The number of ether oxygens (including phenoxy) is 1. The van der Waals surface area contributed by atoms with Gasteiger partial charge in [-0.15, -0.1) is 0 Å². The van der Waals surface area contributed by atoms with E-state index in [0.29, 0.717) is 5.92 Å². The number of carbonyl (C=O) groups is 1. The van der Waals surface area contributed by atoms with Crippen molar-refractivity contribution in [2.75, 3.05) is 14.1 Å². The first-order chi connectivity index (χ1) is 8.52. The highest BCUT2D eigenvalue weighted by Gasteiger charge is 2.39. The van der Waals surface area contributed by atoms with Crippen LogP contribution in [0.4, 0.5) is 0 Å². The minimum atomic E-state index is -0.394. The summed E-state index contributed by atoms with van der Waals surface area (Å²) < 4.78 is 5.72. The fraction of sp³-hybridized carbons (Fsp3) is 0.938. The Morgan fingerprint density at radius 3 is 1.89 bits per heavy atom. The number of esters is 1. The number of hydrogen-bond acceptors (Lipinski definition) is 3. The van der Waals surface area contributed by atoms with Crippen LogP contribution in [0, 0.1) is 17.3 Å². The quantitative estimate of drug-likeness (QED) is 0.663. The van der Waals surface area contributed by atoms with Crippen molar-refractivity contribution in [3.63, 3.8) is 0 Å². The van der Waals surface area contributed by atoms with E-state index in [0.717, 1.165) is 6.42 Å². The maximum Gasteiger partial charge on any atom is 0.312 e. The fourth-order valence-electron chi connectivity index (χ4n) is 2.22. The van der Waals surface area contributed by atoms with E-state index in [1.54, 1.807) is 0 Å². The maximum absolute atomic E-state index is 12.5. The first-order valence-corrected chi connectivity index (χ1v) is 7.39. The average molecular weight is 271 g/mol. The minimum Gasteiger partial charge on any atom is -0.461 e. The number of carbonyl (C=O) groups excluding carboxylic acids is 1. The van der Waals surface area contributed by atoms with Crippen molar-refractivity contribution >= 4 is 5.97 Å². The summed E-state index contributed by atoms with van der Waals surface area (Å²) in [5, 5.41) is 0. The normalized spacial score (nSPS) is 18.5. The highest BCUT2D eigenvalue weighted by atomic mass is 16.5. The van der Waals surface area contributed by atoms with Crippen LogP contribution < -0.4 is 0 Å². The van der Waals surface area contributed by atoms with Gasteiger partial charge in [-0.05, 0) is 53.1 Å². The van der Waals surface area contributed by atoms with E-state index in [4.69, 9.17) is 4.74 Å². The monoisotopic (exact) mass is 271 g/mol. The molecule has 0 radical (unpaired) electrons. The van der Waals surface area contributed by atoms with Crippen LogP contribution in [0.3, 0.4) is 0 Å². The topological polar surface area (TPSA) is 29.5 Å². The lowest BCUT2D eigenvalue weighted by Gasteiger charge is -2.35. The highest BCUT2D eigenvalue weighted by Crippen LogP contribution is 2.36. The molecule has 0 rings (SSSR count). The maximum atomic E-state index is 12.5. The van der Waals surface area contributed by atoms with Gasteiger partial charge >= 0.3 is 5.97 Å². The lowest BCUT2D eigenvalue weighted by Crippen LogP contribution is -2.43. The molecule has 0 N–H and O–H groups in total. The molecule has 0 aromatic heterocycles. The second kappa shape index (κ2) is 7.28. The molecule has 0 aliphatic heterocycles. The van der Waals surface area contributed by atoms with Crippen molar-refractivity contribution in [2.45, 2.75) is 67.0 Å². The SMILES string of the molecule is CC(C)CC(C)(C(=O)OC(C)C(C)N(C)C)C(C)C. The number of rotatable bonds is 7. The van der Waals surface area contributed by atoms with Gasteiger partial charge in [0, 0.05) is 6.04 Å². The Kier molecular flexibility index (Phi) is 7.06. The molecule has 3 unspecified atom stereocenters. The van der Waals surface area contributed by atoms with Crippen LogP contribution in [0.25, 0.3) is 0 Å². The molecule has 0 heterocycles. The lowest BCUT2D eigenvalue weighted by molar-refractivity contribution is -0.166. The molecular formula is C16H33NO2. The molecule has 3 atom stereocenters. The summed E-state index contributed by atoms with van der Waals surface area (Å²) in [6, 6.07) is 0.222. The fourth-order valence-corrected chi connectivity index (χ4v) is 2.22. The number of likely N-dealkylation sites (N-methyl/N-ethyl adjacent to an activating group) is 1. The van der Waals surface area contributed by atoms with E-state index in [1.807, 2.05) is 27.9 Å². The first kappa shape index (κ1) is 18.4. The molecule has 0 saturated heterocycles. The van der Waals surface area contributed by atoms with Gasteiger partial charge in [-0.1, -0.05) is 27.7 Å². The van der Waals surface area contributed by atoms with Gasteiger partial charge in [0.15, 0.2) is 0 Å². The zero-order valence-corrected chi connectivity index (χ0v) is 14.3. The van der Waals surface area contributed by atoms with E-state index in [2.05, 4.69) is 39.5 Å². The molecule has 0 saturated carbocycles. The van der Waals surface area contributed by atoms with Crippen LogP contribution in [0.1, 0.15) is 54.9 Å². The lowest BCUT2D eigenvalue weighted by atomic mass is 9.73. The van der Waals surface area contributed by atoms with E-state index in [-0.39, 0.29) is 24.0 Å². The van der Waals surface area contributed by atoms with Crippen LogP contribution in [-0.2, 0) is 9.53 Å². The first-order valence-electron chi connectivity index (χ1n) is 7.39. The molecule has 3 heteroatoms. The Labute approximate surface area is 119 Å². The predicted molar refractivity (Wildman–Crippen MR) is 81.1 cm³/mol. The van der Waals surface area contributed by atoms with E-state index in [1.165, 1.54) is 0 Å². The molecule has 19 heavy (non-hydrogen) atoms. The van der Waals surface area contributed by atoms with Crippen molar-refractivity contribution in [3.05, 3.63) is 0 Å². The zero-order chi connectivity index (χ0) is 15.4. The minimum absolute atomic E-state index is 0.0580. The number of nitrogens with zero attached hydrogens (tertiary/aromatic N) is 1. The van der Waals surface area contributed by atoms with Crippen LogP contribution in [-0.4, -0.2) is 37.1 Å². The summed E-state index contributed by atoms with van der Waals surface area (Å²) in [6.45, 7) is 14.6. The Hall–Kier alpha value is -0.570. The highest BCUT2D eigenvalue weighted by molar-refractivity contribution is 5.77. The van der Waals surface area contributed by atoms with Gasteiger partial charge < -0.3 is 9.64 Å². The molecule has 0 aliphatic rings. The van der Waals surface area contributed by atoms with Gasteiger partial charge in [0.2, 0.25) is 0 Å². The second-order valence-electron chi connectivity index (χ2n) is 6.98. The van der Waals surface area contributed by atoms with Crippen LogP contribution >= 0.6 is 0 Å². The van der Waals surface area contributed by atoms with Crippen molar-refractivity contribution in [1.82, 2.24) is 4.90 Å². The molecule has 114 valence electrons. The summed E-state index contributed by atoms with van der Waals surface area (Å²) in [5.74, 6) is 0.711. The van der Waals surface area contributed by atoms with E-state index < -0.39 is 5.41 Å². The van der Waals surface area contributed by atoms with Gasteiger partial charge in [-0.3, -0.25) is 4.79 Å². The molecule has 0 spiro atoms. The smallest absolute Gasteiger partial charge is 0.312 e. The summed E-state index contributed by atoms with van der Waals surface area (Å²) in [7, 11) is 4.01. The average Bonchev–Trinajstić information content (AvgIpc) is 2.26. The summed E-state index contributed by atoms with van der Waals surface area (Å²) >= 11 is 0. The predicted octanol–water partition coefficient (Wildman–Crippen LogP) is 3.58. The standard InChI is InChI=1S/C16H33NO2/c1-11(2)10-16(7,12(3)4)15(18)19-14(6)13(5)17(8)9/h11-14H,10H2,1-9H3. The van der Waals surface area contributed by atoms with E-state index in [9.17, 15) is 4.79 Å². The molecule has 0 bridgehead atoms. The van der Waals surface area contributed by atoms with Crippen molar-refractivity contribution < 1.29 is 9.53 Å². The van der Waals surface area contributed by atoms with Crippen molar-refractivity contribution in [1.29, 1.82) is 0 Å². The summed E-state index contributed by atoms with van der Waals surface area (Å²) in [4.78, 5) is 14.6. The third-order valence-electron chi connectivity index (χ3n) is 4.36. The molecular weight excluding hydrogens is 238 g/mol. The molecule has 0 aliphatic carbocycles. The third-order valence-corrected chi connectivity index (χ3v) is 4.36. The van der Waals surface area contributed by atoms with Gasteiger partial charge in [0.1, 0.15) is 6.10 Å². The molecule has 0 amide bonds. The van der Waals surface area contributed by atoms with Crippen LogP contribution in [0.15, 0.2) is 0 Å². The number of hydrogen-bond donors (Lipinski definition) is 0. The second-order valence-corrected chi connectivity index (χ2v) is 6.98. The largest absolute Gasteiger partial charge is 0.461 e. The van der Waals surface area contributed by atoms with Crippen LogP contribution in [0.5, 0.6) is 0 Å². The van der Waals surface area contributed by atoms with Gasteiger partial charge in [0.05, 0.1) is 5.41 Å². The summed E-state index contributed by atoms with van der Waals surface area (Å²) in [6.07, 6.45) is 0.778. The molecule has 0 fully saturated rings. The summed E-state index contributed by atoms with van der Waals surface area (Å²) in [5.41, 5.74) is -0.394. The van der Waals surface area contributed by atoms with Crippen molar-refractivity contribution in [2.24, 2.45) is 17.3 Å². The van der Waals surface area contributed by atoms with E-state index >= 15 is 0 Å². The molecule has 0 aromatic rings. The zero-order valence-electron chi connectivity index (χ0n) is 14.3. The van der Waals surface area contributed by atoms with Crippen LogP contribution in [0.2, 0.25) is 0 Å². The Morgan fingerprint density at radius 1 is 1.11 bits per heavy atom. The molecule has 3 nitrogen and oxygen atoms in total. The van der Waals surface area contributed by atoms with Crippen molar-refractivity contribution in [3.8, 4) is 0 Å².